The highest BCUT2D eigenvalue weighted by molar-refractivity contribution is 4.64. The van der Waals surface area contributed by atoms with Crippen LogP contribution in [-0.2, 0) is 0 Å². The molecule has 1 aliphatic rings. The highest BCUT2D eigenvalue weighted by Crippen LogP contribution is 2.25. The van der Waals surface area contributed by atoms with Crippen molar-refractivity contribution < 1.29 is 16.9 Å². The van der Waals surface area contributed by atoms with Crippen LogP contribution < -0.4 is 12.4 Å². The third-order valence-electron chi connectivity index (χ3n) is 3.58. The Labute approximate surface area is 83.1 Å². The number of rotatable bonds is 3. The first-order chi connectivity index (χ1) is 5.26. The summed E-state index contributed by atoms with van der Waals surface area (Å²) in [4.78, 5) is 0. The topological polar surface area (TPSA) is 0 Å². The molecule has 1 aliphatic heterocycles. The second-order valence-corrected chi connectivity index (χ2v) is 3.94. The fourth-order valence-corrected chi connectivity index (χ4v) is 2.32. The van der Waals surface area contributed by atoms with E-state index in [1.165, 1.54) is 43.5 Å². The van der Waals surface area contributed by atoms with E-state index in [1.807, 2.05) is 0 Å². The van der Waals surface area contributed by atoms with Crippen LogP contribution in [0.3, 0.4) is 0 Å². The zero-order valence-corrected chi connectivity index (χ0v) is 9.40. The van der Waals surface area contributed by atoms with Gasteiger partial charge in [-0.2, -0.15) is 0 Å². The van der Waals surface area contributed by atoms with Gasteiger partial charge in [0.25, 0.3) is 0 Å². The van der Waals surface area contributed by atoms with E-state index in [9.17, 15) is 0 Å². The zero-order chi connectivity index (χ0) is 8.32. The summed E-state index contributed by atoms with van der Waals surface area (Å²) in [6.45, 7) is 12.6. The Kier molecular flexibility index (Phi) is 5.19. The van der Waals surface area contributed by atoms with Crippen molar-refractivity contribution in [3.8, 4) is 0 Å². The molecular weight excluding hydrogens is 170 g/mol. The molecule has 12 heavy (non-hydrogen) atoms. The molecule has 1 rings (SSSR count). The van der Waals surface area contributed by atoms with Crippen molar-refractivity contribution in [2.45, 2.75) is 33.6 Å². The van der Waals surface area contributed by atoms with Crippen molar-refractivity contribution in [1.29, 1.82) is 0 Å². The number of likely N-dealkylation sites (tertiary alicyclic amines) is 1. The second-order valence-electron chi connectivity index (χ2n) is 3.94. The number of hydrogen-bond donors (Lipinski definition) is 0. The van der Waals surface area contributed by atoms with E-state index in [2.05, 4.69) is 20.8 Å². The average Bonchev–Trinajstić information content (AvgIpc) is 2.49. The van der Waals surface area contributed by atoms with Crippen molar-refractivity contribution >= 4 is 0 Å². The molecule has 1 unspecified atom stereocenters. The lowest BCUT2D eigenvalue weighted by Gasteiger charge is -2.32. The number of nitrogens with zero attached hydrogens (tertiary/aromatic N) is 1. The number of hydrogen-bond acceptors (Lipinski definition) is 0. The maximum atomic E-state index is 2.33. The number of halogens is 1. The third-order valence-corrected chi connectivity index (χ3v) is 3.58. The van der Waals surface area contributed by atoms with E-state index in [4.69, 9.17) is 0 Å². The van der Waals surface area contributed by atoms with Crippen LogP contribution >= 0.6 is 0 Å². The smallest absolute Gasteiger partial charge is 0.0817 e. The van der Waals surface area contributed by atoms with Gasteiger partial charge in [-0.1, -0.05) is 6.92 Å². The first-order valence-corrected chi connectivity index (χ1v) is 5.11. The molecule has 1 heterocycles. The molecule has 74 valence electrons. The molecule has 0 amide bonds. The van der Waals surface area contributed by atoms with Crippen LogP contribution in [-0.4, -0.2) is 30.7 Å². The van der Waals surface area contributed by atoms with Crippen LogP contribution in [0, 0.1) is 5.92 Å². The normalized spacial score (nSPS) is 26.8. The van der Waals surface area contributed by atoms with Crippen LogP contribution in [0.1, 0.15) is 33.6 Å². The summed E-state index contributed by atoms with van der Waals surface area (Å²) in [5, 5.41) is 0. The standard InChI is InChI=1S/C10H22N.ClH/c1-4-10-7-8-11(5-2,6-3)9-10;/h10H,4-9H2,1-3H3;1H/q+1;/p-1. The lowest BCUT2D eigenvalue weighted by atomic mass is 10.1. The fraction of sp³-hybridized carbons (Fsp3) is 1.00. The Morgan fingerprint density at radius 2 is 1.75 bits per heavy atom. The van der Waals surface area contributed by atoms with Gasteiger partial charge in [0.15, 0.2) is 0 Å². The largest absolute Gasteiger partial charge is 1.00 e. The monoisotopic (exact) mass is 191 g/mol. The Morgan fingerprint density at radius 1 is 1.17 bits per heavy atom. The molecule has 0 spiro atoms. The molecule has 0 radical (unpaired) electrons. The van der Waals surface area contributed by atoms with E-state index in [1.54, 1.807) is 0 Å². The lowest BCUT2D eigenvalue weighted by Crippen LogP contribution is -3.00. The first kappa shape index (κ1) is 12.2. The highest BCUT2D eigenvalue weighted by Gasteiger charge is 2.33. The van der Waals surface area contributed by atoms with Crippen LogP contribution in [0.5, 0.6) is 0 Å². The van der Waals surface area contributed by atoms with E-state index in [0.717, 1.165) is 5.92 Å². The van der Waals surface area contributed by atoms with Gasteiger partial charge in [-0.15, -0.1) is 0 Å². The summed E-state index contributed by atoms with van der Waals surface area (Å²) in [5.74, 6) is 1.02. The van der Waals surface area contributed by atoms with Crippen molar-refractivity contribution in [1.82, 2.24) is 0 Å². The SMILES string of the molecule is CCC1CC[N+](CC)(CC)C1.[Cl-]. The highest BCUT2D eigenvalue weighted by atomic mass is 35.5. The Morgan fingerprint density at radius 3 is 2.00 bits per heavy atom. The summed E-state index contributed by atoms with van der Waals surface area (Å²) >= 11 is 0. The maximum Gasteiger partial charge on any atom is 0.0817 e. The molecule has 1 atom stereocenters. The molecule has 0 N–H and O–H groups in total. The Hall–Kier alpha value is 0.250. The van der Waals surface area contributed by atoms with Crippen molar-refractivity contribution in [2.75, 3.05) is 26.2 Å². The van der Waals surface area contributed by atoms with Crippen LogP contribution in [0.4, 0.5) is 0 Å². The summed E-state index contributed by atoms with van der Waals surface area (Å²) in [5.41, 5.74) is 0. The first-order valence-electron chi connectivity index (χ1n) is 5.11. The van der Waals surface area contributed by atoms with E-state index < -0.39 is 0 Å². The van der Waals surface area contributed by atoms with Gasteiger partial charge in [-0.05, 0) is 20.3 Å². The van der Waals surface area contributed by atoms with Crippen LogP contribution in [0.15, 0.2) is 0 Å². The minimum Gasteiger partial charge on any atom is -1.00 e. The van der Waals surface area contributed by atoms with E-state index in [-0.39, 0.29) is 12.4 Å². The molecule has 0 bridgehead atoms. The summed E-state index contributed by atoms with van der Waals surface area (Å²) in [6.07, 6.45) is 2.86. The molecule has 0 aromatic carbocycles. The third kappa shape index (κ3) is 2.37. The fourth-order valence-electron chi connectivity index (χ4n) is 2.32. The molecule has 0 saturated carbocycles. The molecular formula is C10H22ClN. The van der Waals surface area contributed by atoms with Crippen molar-refractivity contribution in [3.63, 3.8) is 0 Å². The van der Waals surface area contributed by atoms with Gasteiger partial charge in [0, 0.05) is 12.3 Å². The Bertz CT molecular complexity index is 121. The van der Waals surface area contributed by atoms with Gasteiger partial charge in [0.2, 0.25) is 0 Å². The molecule has 1 nitrogen and oxygen atoms in total. The molecule has 1 fully saturated rings. The molecule has 0 aromatic rings. The molecule has 2 heteroatoms. The predicted octanol–water partition coefficient (Wildman–Crippen LogP) is -0.723. The van der Waals surface area contributed by atoms with Gasteiger partial charge in [0.1, 0.15) is 0 Å². The summed E-state index contributed by atoms with van der Waals surface area (Å²) in [6, 6.07) is 0. The quantitative estimate of drug-likeness (QED) is 0.517. The molecule has 0 aliphatic carbocycles. The van der Waals surface area contributed by atoms with E-state index >= 15 is 0 Å². The summed E-state index contributed by atoms with van der Waals surface area (Å²) < 4.78 is 1.39. The van der Waals surface area contributed by atoms with Gasteiger partial charge >= 0.3 is 0 Å². The minimum atomic E-state index is 0. The Balaban J connectivity index is 0.00000121. The lowest BCUT2D eigenvalue weighted by molar-refractivity contribution is -0.914. The predicted molar refractivity (Wildman–Crippen MR) is 49.5 cm³/mol. The minimum absolute atomic E-state index is 0. The second kappa shape index (κ2) is 5.08. The van der Waals surface area contributed by atoms with Crippen molar-refractivity contribution in [3.05, 3.63) is 0 Å². The van der Waals surface area contributed by atoms with Gasteiger partial charge < -0.3 is 16.9 Å². The number of quaternary nitrogens is 1. The zero-order valence-electron chi connectivity index (χ0n) is 8.65. The molecule has 0 aromatic heterocycles. The summed E-state index contributed by atoms with van der Waals surface area (Å²) in [7, 11) is 0. The van der Waals surface area contributed by atoms with Gasteiger partial charge in [-0.25, -0.2) is 0 Å². The average molecular weight is 192 g/mol. The van der Waals surface area contributed by atoms with Gasteiger partial charge in [-0.3, -0.25) is 0 Å². The van der Waals surface area contributed by atoms with Crippen LogP contribution in [0.2, 0.25) is 0 Å². The maximum absolute atomic E-state index is 2.33. The van der Waals surface area contributed by atoms with Crippen molar-refractivity contribution in [2.24, 2.45) is 5.92 Å². The molecule has 1 saturated heterocycles. The van der Waals surface area contributed by atoms with Gasteiger partial charge in [0.05, 0.1) is 26.2 Å². The van der Waals surface area contributed by atoms with Crippen LogP contribution in [0.25, 0.3) is 0 Å². The van der Waals surface area contributed by atoms with E-state index in [0.29, 0.717) is 0 Å².